The summed E-state index contributed by atoms with van der Waals surface area (Å²) < 4.78 is 0. The minimum atomic E-state index is -1.25. The first kappa shape index (κ1) is 57.3. The number of unbranched alkanes of at least 4 members (excludes halogenated alkanes) is 40. The number of amides is 1. The number of carbonyl (C=O) groups excluding carboxylic acids is 1. The Labute approximate surface area is 362 Å². The molecule has 58 heavy (non-hydrogen) atoms. The molecule has 0 saturated heterocycles. The second-order valence-electron chi connectivity index (χ2n) is 18.6. The third-order valence-corrected chi connectivity index (χ3v) is 12.8. The topological polar surface area (TPSA) is 110 Å². The molecule has 0 aliphatic rings. The molecule has 0 bridgehead atoms. The van der Waals surface area contributed by atoms with Gasteiger partial charge in [0.1, 0.15) is 12.2 Å². The molecule has 0 radical (unpaired) electrons. The van der Waals surface area contributed by atoms with Gasteiger partial charge < -0.3 is 25.7 Å². The van der Waals surface area contributed by atoms with Crippen molar-refractivity contribution < 1.29 is 25.2 Å². The lowest BCUT2D eigenvalue weighted by atomic mass is 9.99. The molecule has 5 N–H and O–H groups in total. The molecular formula is C52H105NO5. The maximum atomic E-state index is 12.6. The van der Waals surface area contributed by atoms with Crippen LogP contribution in [-0.2, 0) is 4.79 Å². The number of hydrogen-bond donors (Lipinski definition) is 5. The highest BCUT2D eigenvalue weighted by molar-refractivity contribution is 5.80. The molecule has 0 aliphatic carbocycles. The van der Waals surface area contributed by atoms with Crippen molar-refractivity contribution in [2.45, 2.75) is 321 Å². The van der Waals surface area contributed by atoms with Crippen molar-refractivity contribution in [2.75, 3.05) is 6.61 Å². The minimum Gasteiger partial charge on any atom is -0.394 e. The largest absolute Gasteiger partial charge is 0.394 e. The van der Waals surface area contributed by atoms with Crippen LogP contribution in [0.3, 0.4) is 0 Å². The Hall–Kier alpha value is -0.690. The third-order valence-electron chi connectivity index (χ3n) is 12.8. The van der Waals surface area contributed by atoms with Gasteiger partial charge in [-0.25, -0.2) is 0 Å². The van der Waals surface area contributed by atoms with Crippen LogP contribution in [0.5, 0.6) is 0 Å². The molecule has 348 valence electrons. The monoisotopic (exact) mass is 824 g/mol. The van der Waals surface area contributed by atoms with Crippen molar-refractivity contribution in [2.24, 2.45) is 0 Å². The van der Waals surface area contributed by atoms with Gasteiger partial charge >= 0.3 is 0 Å². The fraction of sp³-hybridized carbons (Fsp3) is 0.981. The van der Waals surface area contributed by atoms with E-state index in [9.17, 15) is 25.2 Å². The van der Waals surface area contributed by atoms with Gasteiger partial charge in [0.2, 0.25) is 5.91 Å². The molecule has 1 amide bonds. The normalized spacial score (nSPS) is 13.8. The maximum absolute atomic E-state index is 12.6. The van der Waals surface area contributed by atoms with Crippen LogP contribution in [0.25, 0.3) is 0 Å². The molecule has 6 nitrogen and oxygen atoms in total. The van der Waals surface area contributed by atoms with Gasteiger partial charge in [-0.15, -0.1) is 0 Å². The molecule has 4 unspecified atom stereocenters. The van der Waals surface area contributed by atoms with E-state index in [4.69, 9.17) is 0 Å². The first-order valence-corrected chi connectivity index (χ1v) is 26.4. The van der Waals surface area contributed by atoms with Gasteiger partial charge in [-0.3, -0.25) is 4.79 Å². The van der Waals surface area contributed by atoms with Crippen LogP contribution in [-0.4, -0.2) is 57.3 Å². The smallest absolute Gasteiger partial charge is 0.249 e. The van der Waals surface area contributed by atoms with Gasteiger partial charge in [-0.05, 0) is 12.8 Å². The molecule has 0 aromatic heterocycles. The summed E-state index contributed by atoms with van der Waals surface area (Å²) in [5, 5.41) is 43.9. The summed E-state index contributed by atoms with van der Waals surface area (Å²) in [6, 6.07) is -0.980. The van der Waals surface area contributed by atoms with Crippen LogP contribution in [0.4, 0.5) is 0 Å². The lowest BCUT2D eigenvalue weighted by molar-refractivity contribution is -0.132. The van der Waals surface area contributed by atoms with Crippen LogP contribution >= 0.6 is 0 Å². The highest BCUT2D eigenvalue weighted by atomic mass is 16.3. The Bertz CT molecular complexity index is 796. The fourth-order valence-electron chi connectivity index (χ4n) is 8.64. The molecule has 0 spiro atoms. The minimum absolute atomic E-state index is 0.376. The molecule has 0 rings (SSSR count). The number of aliphatic hydroxyl groups excluding tert-OH is 4. The van der Waals surface area contributed by atoms with Crippen molar-refractivity contribution in [3.63, 3.8) is 0 Å². The predicted octanol–water partition coefficient (Wildman–Crippen LogP) is 14.8. The Morgan fingerprint density at radius 2 is 0.586 bits per heavy atom. The Morgan fingerprint density at radius 3 is 0.828 bits per heavy atom. The molecule has 6 heteroatoms. The van der Waals surface area contributed by atoms with E-state index in [0.717, 1.165) is 38.5 Å². The molecule has 0 heterocycles. The average Bonchev–Trinajstić information content (AvgIpc) is 3.23. The molecule has 0 fully saturated rings. The molecule has 4 atom stereocenters. The van der Waals surface area contributed by atoms with Gasteiger partial charge in [0, 0.05) is 0 Å². The lowest BCUT2D eigenvalue weighted by Crippen LogP contribution is -2.53. The van der Waals surface area contributed by atoms with Gasteiger partial charge in [-0.1, -0.05) is 284 Å². The van der Waals surface area contributed by atoms with Crippen molar-refractivity contribution in [3.05, 3.63) is 0 Å². The van der Waals surface area contributed by atoms with Crippen molar-refractivity contribution in [1.82, 2.24) is 5.32 Å². The first-order chi connectivity index (χ1) is 28.5. The number of aliphatic hydroxyl groups is 4. The van der Waals surface area contributed by atoms with Gasteiger partial charge in [0.15, 0.2) is 0 Å². The van der Waals surface area contributed by atoms with Crippen LogP contribution < -0.4 is 5.32 Å². The summed E-state index contributed by atoms with van der Waals surface area (Å²) >= 11 is 0. The average molecular weight is 824 g/mol. The summed E-state index contributed by atoms with van der Waals surface area (Å²) in [5.41, 5.74) is 0. The maximum Gasteiger partial charge on any atom is 0.249 e. The zero-order valence-electron chi connectivity index (χ0n) is 39.3. The van der Waals surface area contributed by atoms with E-state index in [0.29, 0.717) is 12.8 Å². The summed E-state index contributed by atoms with van der Waals surface area (Å²) in [5.74, 6) is -0.577. The van der Waals surface area contributed by atoms with Crippen molar-refractivity contribution >= 4 is 5.91 Å². The summed E-state index contributed by atoms with van der Waals surface area (Å²) in [7, 11) is 0. The molecule has 0 aromatic rings. The van der Waals surface area contributed by atoms with Crippen molar-refractivity contribution in [3.8, 4) is 0 Å². The summed E-state index contributed by atoms with van der Waals surface area (Å²) in [6.45, 7) is 4.09. The zero-order chi connectivity index (χ0) is 42.4. The third kappa shape index (κ3) is 40.7. The Kier molecular flexibility index (Phi) is 46.8. The second kappa shape index (κ2) is 47.4. The van der Waals surface area contributed by atoms with E-state index >= 15 is 0 Å². The van der Waals surface area contributed by atoms with Crippen LogP contribution in [0.15, 0.2) is 0 Å². The van der Waals surface area contributed by atoms with E-state index in [-0.39, 0.29) is 0 Å². The standard InChI is InChI=1S/C52H105NO5/c1-3-5-7-9-11-13-15-17-19-21-22-23-24-25-26-27-28-29-30-32-34-36-38-40-42-44-46-50(56)52(58)53-48(47-54)51(57)49(55)45-43-41-39-37-35-33-31-20-18-16-14-12-10-8-6-4-2/h48-51,54-57H,3-47H2,1-2H3,(H,53,58). The van der Waals surface area contributed by atoms with Gasteiger partial charge in [0.05, 0.1) is 18.8 Å². The predicted molar refractivity (Wildman–Crippen MR) is 252 cm³/mol. The Morgan fingerprint density at radius 1 is 0.362 bits per heavy atom. The first-order valence-electron chi connectivity index (χ1n) is 26.4. The number of nitrogens with one attached hydrogen (secondary N) is 1. The second-order valence-corrected chi connectivity index (χ2v) is 18.6. The highest BCUT2D eigenvalue weighted by Crippen LogP contribution is 2.18. The Balaban J connectivity index is 3.59. The molecule has 0 aromatic carbocycles. The van der Waals surface area contributed by atoms with Crippen LogP contribution in [0.1, 0.15) is 296 Å². The molecule has 0 saturated carbocycles. The van der Waals surface area contributed by atoms with Gasteiger partial charge in [0.25, 0.3) is 0 Å². The summed E-state index contributed by atoms with van der Waals surface area (Å²) in [4.78, 5) is 12.6. The van der Waals surface area contributed by atoms with E-state index in [1.54, 1.807) is 0 Å². The molecular weight excluding hydrogens is 719 g/mol. The quantitative estimate of drug-likeness (QED) is 0.0393. The van der Waals surface area contributed by atoms with E-state index < -0.39 is 36.9 Å². The van der Waals surface area contributed by atoms with Gasteiger partial charge in [-0.2, -0.15) is 0 Å². The fourth-order valence-corrected chi connectivity index (χ4v) is 8.64. The van der Waals surface area contributed by atoms with Crippen LogP contribution in [0.2, 0.25) is 0 Å². The number of carbonyl (C=O) groups is 1. The van der Waals surface area contributed by atoms with E-state index in [1.807, 2.05) is 0 Å². The van der Waals surface area contributed by atoms with E-state index in [1.165, 1.54) is 231 Å². The zero-order valence-corrected chi connectivity index (χ0v) is 39.3. The number of rotatable bonds is 49. The molecule has 0 aliphatic heterocycles. The van der Waals surface area contributed by atoms with Crippen LogP contribution in [0, 0.1) is 0 Å². The highest BCUT2D eigenvalue weighted by Gasteiger charge is 2.28. The summed E-state index contributed by atoms with van der Waals surface area (Å²) in [6.07, 6.45) is 53.0. The SMILES string of the molecule is CCCCCCCCCCCCCCCCCCCCCCCCCCCCC(O)C(=O)NC(CO)C(O)C(O)CCCCCCCCCCCCCCCCCC. The van der Waals surface area contributed by atoms with E-state index in [2.05, 4.69) is 19.2 Å². The van der Waals surface area contributed by atoms with Crippen molar-refractivity contribution in [1.29, 1.82) is 0 Å². The lowest BCUT2D eigenvalue weighted by Gasteiger charge is -2.27. The number of hydrogen-bond acceptors (Lipinski definition) is 5.